The van der Waals surface area contributed by atoms with Gasteiger partial charge in [0, 0.05) is 11.1 Å². The highest BCUT2D eigenvalue weighted by Gasteiger charge is 2.59. The molecule has 0 atom stereocenters. The molecule has 1 heterocycles. The lowest BCUT2D eigenvalue weighted by atomic mass is 10.1. The van der Waals surface area contributed by atoms with Crippen molar-refractivity contribution in [2.45, 2.75) is 18.9 Å². The van der Waals surface area contributed by atoms with E-state index in [2.05, 4.69) is 9.68 Å². The van der Waals surface area contributed by atoms with Crippen LogP contribution in [0.1, 0.15) is 5.69 Å². The number of hydrogen-bond acceptors (Lipinski definition) is 6. The van der Waals surface area contributed by atoms with Crippen molar-refractivity contribution in [1.82, 2.24) is 5.16 Å². The molecule has 10 heteroatoms. The molecular weight excluding hydrogens is 309 g/mol. The van der Waals surface area contributed by atoms with Crippen molar-refractivity contribution in [3.8, 4) is 0 Å². The van der Waals surface area contributed by atoms with Crippen LogP contribution in [-0.2, 0) is 4.79 Å². The summed E-state index contributed by atoms with van der Waals surface area (Å²) >= 11 is 0. The number of aromatic nitrogens is 1. The number of nitrogens with zero attached hydrogens (tertiary/aromatic N) is 1. The molecule has 7 nitrogen and oxygen atoms in total. The molecule has 1 amide bonds. The van der Waals surface area contributed by atoms with E-state index in [0.29, 0.717) is 0 Å². The van der Waals surface area contributed by atoms with Crippen LogP contribution in [0.2, 0.25) is 0 Å². The van der Waals surface area contributed by atoms with Gasteiger partial charge >= 0.3 is 17.6 Å². The van der Waals surface area contributed by atoms with E-state index < -0.39 is 23.5 Å². The van der Waals surface area contributed by atoms with Gasteiger partial charge in [-0.25, -0.2) is 4.79 Å². The molecule has 0 spiro atoms. The van der Waals surface area contributed by atoms with Crippen LogP contribution in [0.3, 0.4) is 0 Å². The van der Waals surface area contributed by atoms with E-state index in [0.717, 1.165) is 6.07 Å². The van der Waals surface area contributed by atoms with Crippen LogP contribution in [0.5, 0.6) is 0 Å². The van der Waals surface area contributed by atoms with E-state index in [-0.39, 0.29) is 22.2 Å². The van der Waals surface area contributed by atoms with Crippen LogP contribution in [0.25, 0.3) is 10.8 Å². The van der Waals surface area contributed by atoms with Gasteiger partial charge in [0.25, 0.3) is 5.91 Å². The first-order chi connectivity index (χ1) is 10.0. The maximum atomic E-state index is 12.3. The quantitative estimate of drug-likeness (QED) is 0.702. The third-order valence-electron chi connectivity index (χ3n) is 2.86. The lowest BCUT2D eigenvalue weighted by molar-refractivity contribution is -0.326. The summed E-state index contributed by atoms with van der Waals surface area (Å²) in [5, 5.41) is 23.2. The largest absolute Gasteiger partial charge is 0.453 e. The number of rotatable bonds is 2. The number of carbonyl (C=O) groups excluding carboxylic acids is 1. The van der Waals surface area contributed by atoms with E-state index in [1.807, 2.05) is 0 Å². The fourth-order valence-electron chi connectivity index (χ4n) is 1.65. The summed E-state index contributed by atoms with van der Waals surface area (Å²) in [5.41, 5.74) is -0.669. The third kappa shape index (κ3) is 2.65. The molecule has 0 fully saturated rings. The minimum atomic E-state index is -5.56. The zero-order chi connectivity index (χ0) is 16.7. The Kier molecular flexibility index (Phi) is 3.67. The lowest BCUT2D eigenvalue weighted by Gasteiger charge is -2.23. The molecule has 118 valence electrons. The summed E-state index contributed by atoms with van der Waals surface area (Å²) in [7, 11) is 0. The number of fused-ring (bicyclic) bond motifs is 1. The third-order valence-corrected chi connectivity index (χ3v) is 2.86. The maximum Gasteiger partial charge on any atom is 0.453 e. The van der Waals surface area contributed by atoms with Crippen LogP contribution in [-0.4, -0.2) is 33.2 Å². The first-order valence-corrected chi connectivity index (χ1v) is 5.77. The molecule has 0 saturated carbocycles. The number of amides is 1. The van der Waals surface area contributed by atoms with Gasteiger partial charge in [-0.05, 0) is 25.1 Å². The molecule has 0 aliphatic heterocycles. The molecule has 0 aliphatic rings. The summed E-state index contributed by atoms with van der Waals surface area (Å²) < 4.78 is 41.5. The first-order valence-electron chi connectivity index (χ1n) is 5.77. The fourth-order valence-corrected chi connectivity index (χ4v) is 1.65. The van der Waals surface area contributed by atoms with E-state index in [1.54, 1.807) is 5.32 Å². The maximum absolute atomic E-state index is 12.3. The summed E-state index contributed by atoms with van der Waals surface area (Å²) in [6, 6.07) is 3.48. The van der Waals surface area contributed by atoms with E-state index in [4.69, 9.17) is 10.2 Å². The minimum absolute atomic E-state index is 0.112. The Balaban J connectivity index is 2.40. The van der Waals surface area contributed by atoms with Gasteiger partial charge in [-0.2, -0.15) is 13.2 Å². The summed E-state index contributed by atoms with van der Waals surface area (Å²) in [6.07, 6.45) is -5.56. The zero-order valence-corrected chi connectivity index (χ0v) is 10.9. The van der Waals surface area contributed by atoms with Crippen LogP contribution < -0.4 is 10.9 Å². The van der Waals surface area contributed by atoms with E-state index in [1.165, 1.54) is 19.1 Å². The molecule has 0 radical (unpaired) electrons. The van der Waals surface area contributed by atoms with Crippen LogP contribution in [0.4, 0.5) is 18.9 Å². The Labute approximate surface area is 120 Å². The average Bonchev–Trinajstić information content (AvgIpc) is 2.42. The van der Waals surface area contributed by atoms with Gasteiger partial charge in [0.15, 0.2) is 0 Å². The van der Waals surface area contributed by atoms with Gasteiger partial charge in [0.2, 0.25) is 0 Å². The summed E-state index contributed by atoms with van der Waals surface area (Å²) in [5.74, 6) is -6.61. The van der Waals surface area contributed by atoms with Gasteiger partial charge in [-0.15, -0.1) is 0 Å². The topological polar surface area (TPSA) is 113 Å². The summed E-state index contributed by atoms with van der Waals surface area (Å²) in [4.78, 5) is 22.8. The van der Waals surface area contributed by atoms with Gasteiger partial charge < -0.3 is 20.1 Å². The van der Waals surface area contributed by atoms with Crippen LogP contribution >= 0.6 is 0 Å². The predicted octanol–water partition coefficient (Wildman–Crippen LogP) is 0.678. The Morgan fingerprint density at radius 3 is 2.50 bits per heavy atom. The fraction of sp³-hybridized carbons (Fsp3) is 0.250. The van der Waals surface area contributed by atoms with Gasteiger partial charge in [0.05, 0.1) is 11.1 Å². The van der Waals surface area contributed by atoms with Crippen LogP contribution in [0, 0.1) is 6.92 Å². The molecular formula is C12H9F3N2O5. The molecule has 22 heavy (non-hydrogen) atoms. The highest BCUT2D eigenvalue weighted by molar-refractivity contribution is 5.98. The monoisotopic (exact) mass is 318 g/mol. The van der Waals surface area contributed by atoms with Crippen molar-refractivity contribution >= 4 is 22.4 Å². The zero-order valence-electron chi connectivity index (χ0n) is 10.9. The summed E-state index contributed by atoms with van der Waals surface area (Å²) in [6.45, 7) is 1.48. The Hall–Kier alpha value is -2.46. The number of aryl methyl sites for hydroxylation is 1. The Morgan fingerprint density at radius 2 is 1.91 bits per heavy atom. The number of benzene rings is 1. The number of alkyl halides is 3. The number of hydrogen-bond donors (Lipinski definition) is 3. The van der Waals surface area contributed by atoms with Gasteiger partial charge in [-0.3, -0.25) is 4.79 Å². The van der Waals surface area contributed by atoms with Crippen molar-refractivity contribution < 1.29 is 32.7 Å². The highest BCUT2D eigenvalue weighted by Crippen LogP contribution is 2.29. The van der Waals surface area contributed by atoms with E-state index in [9.17, 15) is 22.8 Å². The lowest BCUT2D eigenvalue weighted by Crippen LogP contribution is -2.54. The molecule has 0 saturated heterocycles. The smallest absolute Gasteiger partial charge is 0.351 e. The number of carbonyl (C=O) groups is 1. The molecule has 0 unspecified atom stereocenters. The average molecular weight is 318 g/mol. The highest BCUT2D eigenvalue weighted by atomic mass is 19.4. The number of anilines is 1. The molecule has 1 aromatic heterocycles. The van der Waals surface area contributed by atoms with Gasteiger partial charge in [0.1, 0.15) is 0 Å². The predicted molar refractivity (Wildman–Crippen MR) is 66.9 cm³/mol. The molecule has 2 rings (SSSR count). The molecule has 3 N–H and O–H groups in total. The van der Waals surface area contributed by atoms with Crippen molar-refractivity contribution in [2.75, 3.05) is 5.32 Å². The Morgan fingerprint density at radius 1 is 1.27 bits per heavy atom. The molecule has 0 bridgehead atoms. The number of nitrogens with one attached hydrogen (secondary N) is 1. The first kappa shape index (κ1) is 15.9. The van der Waals surface area contributed by atoms with Crippen molar-refractivity contribution in [1.29, 1.82) is 0 Å². The van der Waals surface area contributed by atoms with E-state index >= 15 is 0 Å². The van der Waals surface area contributed by atoms with Crippen molar-refractivity contribution in [3.05, 3.63) is 34.3 Å². The van der Waals surface area contributed by atoms with Gasteiger partial charge in [-0.1, -0.05) is 5.16 Å². The second kappa shape index (κ2) is 5.07. The second-order valence-electron chi connectivity index (χ2n) is 4.44. The Bertz CT molecular complexity index is 797. The van der Waals surface area contributed by atoms with Crippen LogP contribution in [0.15, 0.2) is 27.5 Å². The standard InChI is InChI=1S/C12H9F3N2O5/c1-5-8-4-6(2-3-7(8)9(18)22-17-5)16-10(19)11(20,21)12(13,14)15/h2-4,20-21H,1H3,(H,16,19). The van der Waals surface area contributed by atoms with Crippen molar-refractivity contribution in [3.63, 3.8) is 0 Å². The molecule has 1 aromatic carbocycles. The SMILES string of the molecule is Cc1noc(=O)c2ccc(NC(=O)C(O)(O)C(F)(F)F)cc12. The number of halogens is 3. The van der Waals surface area contributed by atoms with Crippen molar-refractivity contribution in [2.24, 2.45) is 0 Å². The normalized spacial score (nSPS) is 12.5. The minimum Gasteiger partial charge on any atom is -0.351 e. The second-order valence-corrected chi connectivity index (χ2v) is 4.44. The molecule has 0 aliphatic carbocycles. The molecule has 2 aromatic rings. The number of aliphatic hydroxyl groups is 2.